The fourth-order valence-electron chi connectivity index (χ4n) is 5.56. The molecule has 0 radical (unpaired) electrons. The molecule has 0 aliphatic heterocycles. The zero-order valence-electron chi connectivity index (χ0n) is 28.4. The van der Waals surface area contributed by atoms with E-state index in [0.717, 1.165) is 56.4 Å². The van der Waals surface area contributed by atoms with Crippen LogP contribution >= 0.6 is 18.1 Å². The van der Waals surface area contributed by atoms with Crippen LogP contribution in [0.5, 0.6) is 23.0 Å². The Bertz CT molecular complexity index is 1530. The molecule has 0 aliphatic rings. The molecule has 0 aromatic heterocycles. The maximum absolute atomic E-state index is 6.68. The summed E-state index contributed by atoms with van der Waals surface area (Å²) in [5.41, 5.74) is 13.9. The second-order valence-electron chi connectivity index (χ2n) is 12.6. The van der Waals surface area contributed by atoms with Gasteiger partial charge in [-0.15, -0.1) is 0 Å². The SMILES string of the molecule is Cc1ccc(OPOc2c(C(C)C)cc(C)c(C)c2-c2c(C)c(C)cc(C(C)C)c2OPOc2ccc(C)cc2C)c(C)c1. The summed E-state index contributed by atoms with van der Waals surface area (Å²) in [5.74, 6) is 3.91. The third kappa shape index (κ3) is 7.42. The van der Waals surface area contributed by atoms with Crippen LogP contribution in [0.15, 0.2) is 48.5 Å². The van der Waals surface area contributed by atoms with Crippen molar-refractivity contribution in [2.24, 2.45) is 0 Å². The largest absolute Gasteiger partial charge is 0.440 e. The van der Waals surface area contributed by atoms with E-state index in [2.05, 4.69) is 119 Å². The molecular formula is C38H48O4P2. The lowest BCUT2D eigenvalue weighted by molar-refractivity contribution is 0.503. The number of hydrogen-bond donors (Lipinski definition) is 0. The van der Waals surface area contributed by atoms with Crippen molar-refractivity contribution < 1.29 is 18.1 Å². The Labute approximate surface area is 268 Å². The monoisotopic (exact) mass is 630 g/mol. The Morgan fingerprint density at radius 2 is 0.818 bits per heavy atom. The highest BCUT2D eigenvalue weighted by Crippen LogP contribution is 2.51. The van der Waals surface area contributed by atoms with Gasteiger partial charge in [0.1, 0.15) is 23.0 Å². The maximum Gasteiger partial charge on any atom is 0.275 e. The Balaban J connectivity index is 1.84. The third-order valence-electron chi connectivity index (χ3n) is 8.40. The summed E-state index contributed by atoms with van der Waals surface area (Å²) in [7, 11) is -0.394. The first-order valence-electron chi connectivity index (χ1n) is 15.4. The van der Waals surface area contributed by atoms with Crippen molar-refractivity contribution in [3.05, 3.63) is 104 Å². The Morgan fingerprint density at radius 3 is 1.14 bits per heavy atom. The quantitative estimate of drug-likeness (QED) is 0.155. The first-order chi connectivity index (χ1) is 20.8. The van der Waals surface area contributed by atoms with Crippen LogP contribution in [0.25, 0.3) is 11.1 Å². The van der Waals surface area contributed by atoms with Crippen LogP contribution in [-0.2, 0) is 0 Å². The molecule has 4 rings (SSSR count). The summed E-state index contributed by atoms with van der Waals surface area (Å²) in [5, 5.41) is 0. The van der Waals surface area contributed by atoms with Gasteiger partial charge in [-0.05, 0) is 124 Å². The minimum absolute atomic E-state index is 0.197. The minimum atomic E-state index is -0.197. The van der Waals surface area contributed by atoms with Gasteiger partial charge in [0.25, 0.3) is 18.1 Å². The molecule has 2 atom stereocenters. The Morgan fingerprint density at radius 1 is 0.455 bits per heavy atom. The van der Waals surface area contributed by atoms with E-state index in [0.29, 0.717) is 0 Å². The summed E-state index contributed by atoms with van der Waals surface area (Å²) < 4.78 is 25.8. The Hall–Kier alpha value is -3.06. The van der Waals surface area contributed by atoms with E-state index in [1.165, 1.54) is 33.4 Å². The molecule has 0 spiro atoms. The minimum Gasteiger partial charge on any atom is -0.440 e. The average molecular weight is 631 g/mol. The van der Waals surface area contributed by atoms with Gasteiger partial charge >= 0.3 is 0 Å². The molecular weight excluding hydrogens is 582 g/mol. The molecule has 234 valence electrons. The highest BCUT2D eigenvalue weighted by atomic mass is 31.1. The topological polar surface area (TPSA) is 36.9 Å². The molecule has 0 saturated carbocycles. The van der Waals surface area contributed by atoms with E-state index in [1.54, 1.807) is 0 Å². The number of rotatable bonds is 11. The average Bonchev–Trinajstić information content (AvgIpc) is 2.95. The van der Waals surface area contributed by atoms with Gasteiger partial charge in [0.15, 0.2) is 0 Å². The number of hydrogen-bond acceptors (Lipinski definition) is 4. The van der Waals surface area contributed by atoms with Crippen LogP contribution in [0, 0.1) is 55.4 Å². The van der Waals surface area contributed by atoms with Crippen LogP contribution < -0.4 is 18.1 Å². The standard InChI is InChI=1S/C38H48O4P2/c1-21(2)31-19-25(7)29(11)35(37(31)41-43-39-33-15-13-23(5)17-27(33)9)36-30(12)26(8)20-32(22(3)4)38(36)42-44-40-34-16-14-24(6)18-28(34)10/h13-22,43-44H,1-12H3. The van der Waals surface area contributed by atoms with Crippen LogP contribution in [0.1, 0.15) is 95.2 Å². The van der Waals surface area contributed by atoms with Crippen LogP contribution in [0.4, 0.5) is 0 Å². The highest BCUT2D eigenvalue weighted by molar-refractivity contribution is 7.27. The van der Waals surface area contributed by atoms with Crippen molar-refractivity contribution >= 4 is 18.1 Å². The summed E-state index contributed by atoms with van der Waals surface area (Å²) in [6.07, 6.45) is 0. The van der Waals surface area contributed by atoms with Gasteiger partial charge in [0.2, 0.25) is 0 Å². The van der Waals surface area contributed by atoms with Gasteiger partial charge in [-0.3, -0.25) is 0 Å². The van der Waals surface area contributed by atoms with Gasteiger partial charge in [-0.25, -0.2) is 0 Å². The fourth-order valence-corrected chi connectivity index (χ4v) is 6.89. The molecule has 6 heteroatoms. The highest BCUT2D eigenvalue weighted by Gasteiger charge is 2.27. The van der Waals surface area contributed by atoms with E-state index in [4.69, 9.17) is 18.1 Å². The van der Waals surface area contributed by atoms with Crippen molar-refractivity contribution in [3.8, 4) is 34.1 Å². The lowest BCUT2D eigenvalue weighted by atomic mass is 9.84. The predicted octanol–water partition coefficient (Wildman–Crippen LogP) is 12.0. The van der Waals surface area contributed by atoms with Crippen molar-refractivity contribution in [2.75, 3.05) is 0 Å². The summed E-state index contributed by atoms with van der Waals surface area (Å²) >= 11 is 0. The first kappa shape index (κ1) is 33.8. The molecule has 0 N–H and O–H groups in total. The zero-order valence-corrected chi connectivity index (χ0v) is 30.4. The zero-order chi connectivity index (χ0) is 32.3. The van der Waals surface area contributed by atoms with Crippen molar-refractivity contribution in [3.63, 3.8) is 0 Å². The van der Waals surface area contributed by atoms with E-state index < -0.39 is 0 Å². The molecule has 0 aliphatic carbocycles. The van der Waals surface area contributed by atoms with Gasteiger partial charge in [0.05, 0.1) is 0 Å². The van der Waals surface area contributed by atoms with Gasteiger partial charge < -0.3 is 18.1 Å². The van der Waals surface area contributed by atoms with E-state index in [-0.39, 0.29) is 29.9 Å². The van der Waals surface area contributed by atoms with E-state index in [1.807, 2.05) is 12.1 Å². The molecule has 0 fully saturated rings. The van der Waals surface area contributed by atoms with E-state index in [9.17, 15) is 0 Å². The molecule has 0 heterocycles. The van der Waals surface area contributed by atoms with E-state index >= 15 is 0 Å². The van der Waals surface area contributed by atoms with Crippen LogP contribution in [0.2, 0.25) is 0 Å². The van der Waals surface area contributed by atoms with Gasteiger partial charge in [-0.2, -0.15) is 0 Å². The normalized spacial score (nSPS) is 11.9. The smallest absolute Gasteiger partial charge is 0.275 e. The first-order valence-corrected chi connectivity index (χ1v) is 17.0. The van der Waals surface area contributed by atoms with Gasteiger partial charge in [0, 0.05) is 11.1 Å². The number of aryl methyl sites for hydroxylation is 6. The summed E-state index contributed by atoms with van der Waals surface area (Å²) in [6.45, 7) is 25.9. The lowest BCUT2D eigenvalue weighted by Crippen LogP contribution is -2.05. The second-order valence-corrected chi connectivity index (χ2v) is 13.8. The summed E-state index contributed by atoms with van der Waals surface area (Å²) in [6, 6.07) is 17.0. The van der Waals surface area contributed by atoms with Crippen LogP contribution in [-0.4, -0.2) is 0 Å². The van der Waals surface area contributed by atoms with Crippen molar-refractivity contribution in [1.82, 2.24) is 0 Å². The molecule has 0 saturated heterocycles. The molecule has 0 bridgehead atoms. The van der Waals surface area contributed by atoms with Crippen molar-refractivity contribution in [1.29, 1.82) is 0 Å². The third-order valence-corrected chi connectivity index (χ3v) is 9.58. The number of benzene rings is 4. The lowest BCUT2D eigenvalue weighted by Gasteiger charge is -2.26. The molecule has 4 aromatic rings. The molecule has 4 nitrogen and oxygen atoms in total. The molecule has 2 unspecified atom stereocenters. The molecule has 4 aromatic carbocycles. The summed E-state index contributed by atoms with van der Waals surface area (Å²) in [4.78, 5) is 0. The van der Waals surface area contributed by atoms with Crippen molar-refractivity contribution in [2.45, 2.75) is 94.9 Å². The molecule has 0 amide bonds. The van der Waals surface area contributed by atoms with Crippen LogP contribution in [0.3, 0.4) is 0 Å². The maximum atomic E-state index is 6.68. The Kier molecular flexibility index (Phi) is 11.0. The fraction of sp³-hybridized carbons (Fsp3) is 0.368. The second kappa shape index (κ2) is 14.4. The van der Waals surface area contributed by atoms with Gasteiger partial charge in [-0.1, -0.05) is 75.2 Å². The molecule has 44 heavy (non-hydrogen) atoms. The predicted molar refractivity (Wildman–Crippen MR) is 190 cm³/mol.